The van der Waals surface area contributed by atoms with Crippen LogP contribution in [0.2, 0.25) is 10.0 Å². The van der Waals surface area contributed by atoms with Gasteiger partial charge in [-0.15, -0.1) is 0 Å². The quantitative estimate of drug-likeness (QED) is 0.627. The summed E-state index contributed by atoms with van der Waals surface area (Å²) >= 11 is 12.9. The maximum Gasteiger partial charge on any atom is 0.162 e. The second-order valence-electron chi connectivity index (χ2n) is 6.56. The first-order valence-electron chi connectivity index (χ1n) is 9.47. The van der Waals surface area contributed by atoms with Crippen molar-refractivity contribution in [2.24, 2.45) is 0 Å². The number of nitrogens with zero attached hydrogens (tertiary/aromatic N) is 1. The molecule has 0 saturated carbocycles. The summed E-state index contributed by atoms with van der Waals surface area (Å²) < 4.78 is 16.5. The Kier molecular flexibility index (Phi) is 7.54. The summed E-state index contributed by atoms with van der Waals surface area (Å²) in [5.41, 5.74) is 2.90. The Labute approximate surface area is 176 Å². The van der Waals surface area contributed by atoms with Crippen LogP contribution in [-0.2, 0) is 11.3 Å². The van der Waals surface area contributed by atoms with E-state index in [4.69, 9.17) is 37.4 Å². The molecule has 3 rings (SSSR count). The number of halogens is 2. The van der Waals surface area contributed by atoms with Crippen molar-refractivity contribution in [3.63, 3.8) is 0 Å². The molecular weight excluding hydrogens is 399 g/mol. The van der Waals surface area contributed by atoms with Crippen LogP contribution in [0.25, 0.3) is 0 Å². The van der Waals surface area contributed by atoms with Crippen molar-refractivity contribution in [3.05, 3.63) is 45.9 Å². The molecule has 0 unspecified atom stereocenters. The van der Waals surface area contributed by atoms with Gasteiger partial charge in [-0.1, -0.05) is 30.1 Å². The molecule has 7 heteroatoms. The molecule has 0 radical (unpaired) electrons. The molecule has 0 bridgehead atoms. The number of methoxy groups -OCH3 is 1. The van der Waals surface area contributed by atoms with Crippen LogP contribution in [-0.4, -0.2) is 40.0 Å². The molecule has 1 saturated heterocycles. The lowest BCUT2D eigenvalue weighted by Gasteiger charge is -2.29. The largest absolute Gasteiger partial charge is 0.493 e. The van der Waals surface area contributed by atoms with Gasteiger partial charge in [-0.05, 0) is 36.2 Å². The lowest BCUT2D eigenvalue weighted by atomic mass is 10.2. The van der Waals surface area contributed by atoms with E-state index in [9.17, 15) is 0 Å². The number of hydrogen-bond donors (Lipinski definition) is 1. The molecule has 28 heavy (non-hydrogen) atoms. The summed E-state index contributed by atoms with van der Waals surface area (Å²) in [5, 5.41) is 4.73. The summed E-state index contributed by atoms with van der Waals surface area (Å²) in [4.78, 5) is 2.24. The number of nitrogens with one attached hydrogen (secondary N) is 1. The number of anilines is 2. The van der Waals surface area contributed by atoms with Gasteiger partial charge in [-0.2, -0.15) is 0 Å². The van der Waals surface area contributed by atoms with Crippen LogP contribution >= 0.6 is 23.2 Å². The van der Waals surface area contributed by atoms with Crippen LogP contribution in [0.1, 0.15) is 18.9 Å². The van der Waals surface area contributed by atoms with Gasteiger partial charge >= 0.3 is 0 Å². The van der Waals surface area contributed by atoms with Crippen molar-refractivity contribution in [3.8, 4) is 11.5 Å². The minimum absolute atomic E-state index is 0.552. The fraction of sp³-hybridized carbons (Fsp3) is 0.429. The zero-order chi connectivity index (χ0) is 19.9. The number of ether oxygens (including phenoxy) is 3. The highest BCUT2D eigenvalue weighted by molar-refractivity contribution is 6.33. The summed E-state index contributed by atoms with van der Waals surface area (Å²) in [5.74, 6) is 1.34. The van der Waals surface area contributed by atoms with E-state index < -0.39 is 0 Å². The van der Waals surface area contributed by atoms with E-state index in [1.54, 1.807) is 7.11 Å². The van der Waals surface area contributed by atoms with E-state index >= 15 is 0 Å². The third kappa shape index (κ3) is 5.16. The van der Waals surface area contributed by atoms with E-state index in [0.717, 1.165) is 54.7 Å². The Balaban J connectivity index is 1.68. The molecule has 0 atom stereocenters. The second-order valence-corrected chi connectivity index (χ2v) is 7.38. The minimum Gasteiger partial charge on any atom is -0.493 e. The molecule has 152 valence electrons. The number of hydrogen-bond acceptors (Lipinski definition) is 5. The van der Waals surface area contributed by atoms with E-state index in [1.165, 1.54) is 0 Å². The van der Waals surface area contributed by atoms with Crippen molar-refractivity contribution in [1.29, 1.82) is 0 Å². The van der Waals surface area contributed by atoms with Gasteiger partial charge in [-0.25, -0.2) is 0 Å². The van der Waals surface area contributed by atoms with Gasteiger partial charge < -0.3 is 24.4 Å². The Morgan fingerprint density at radius 3 is 2.54 bits per heavy atom. The third-order valence-corrected chi connectivity index (χ3v) is 5.23. The molecule has 0 aromatic heterocycles. The van der Waals surface area contributed by atoms with Crippen molar-refractivity contribution in [2.75, 3.05) is 50.2 Å². The van der Waals surface area contributed by atoms with Crippen LogP contribution in [0.5, 0.6) is 11.5 Å². The van der Waals surface area contributed by atoms with Crippen LogP contribution in [0.15, 0.2) is 30.3 Å². The van der Waals surface area contributed by atoms with Gasteiger partial charge in [0.05, 0.1) is 37.6 Å². The van der Waals surface area contributed by atoms with Gasteiger partial charge in [0.25, 0.3) is 0 Å². The van der Waals surface area contributed by atoms with Crippen LogP contribution in [0.4, 0.5) is 11.4 Å². The smallest absolute Gasteiger partial charge is 0.162 e. The molecule has 1 heterocycles. The van der Waals surface area contributed by atoms with Gasteiger partial charge in [0, 0.05) is 36.4 Å². The van der Waals surface area contributed by atoms with Crippen LogP contribution in [0, 0.1) is 0 Å². The Bertz CT molecular complexity index is 795. The molecule has 1 aliphatic heterocycles. The first-order valence-corrected chi connectivity index (χ1v) is 10.2. The van der Waals surface area contributed by atoms with Crippen LogP contribution in [0.3, 0.4) is 0 Å². The summed E-state index contributed by atoms with van der Waals surface area (Å²) in [6.45, 7) is 6.41. The number of morpholine rings is 1. The molecule has 0 spiro atoms. The topological polar surface area (TPSA) is 43.0 Å². The van der Waals surface area contributed by atoms with Crippen molar-refractivity contribution in [1.82, 2.24) is 0 Å². The fourth-order valence-electron chi connectivity index (χ4n) is 3.07. The molecule has 1 aliphatic rings. The lowest BCUT2D eigenvalue weighted by molar-refractivity contribution is 0.122. The van der Waals surface area contributed by atoms with E-state index in [-0.39, 0.29) is 0 Å². The van der Waals surface area contributed by atoms with Gasteiger partial charge in [0.15, 0.2) is 11.5 Å². The maximum absolute atomic E-state index is 6.51. The third-order valence-electron chi connectivity index (χ3n) is 4.58. The highest BCUT2D eigenvalue weighted by atomic mass is 35.5. The van der Waals surface area contributed by atoms with Crippen molar-refractivity contribution in [2.45, 2.75) is 19.9 Å². The molecular formula is C21H26Cl2N2O3. The van der Waals surface area contributed by atoms with Gasteiger partial charge in [0.1, 0.15) is 0 Å². The van der Waals surface area contributed by atoms with Gasteiger partial charge in [0.2, 0.25) is 0 Å². The number of rotatable bonds is 8. The van der Waals surface area contributed by atoms with Crippen molar-refractivity contribution >= 4 is 34.6 Å². The number of benzene rings is 2. The summed E-state index contributed by atoms with van der Waals surface area (Å²) in [6.07, 6.45) is 0.922. The molecule has 2 aromatic rings. The normalized spacial score (nSPS) is 14.1. The first-order chi connectivity index (χ1) is 13.6. The molecule has 0 aliphatic carbocycles. The average Bonchev–Trinajstić information content (AvgIpc) is 2.72. The molecule has 5 nitrogen and oxygen atoms in total. The highest BCUT2D eigenvalue weighted by Gasteiger charge is 2.15. The molecule has 1 fully saturated rings. The molecule has 1 N–H and O–H groups in total. The van der Waals surface area contributed by atoms with E-state index in [2.05, 4.69) is 17.1 Å². The summed E-state index contributed by atoms with van der Waals surface area (Å²) in [6, 6.07) is 9.72. The first kappa shape index (κ1) is 20.9. The van der Waals surface area contributed by atoms with Crippen LogP contribution < -0.4 is 19.7 Å². The summed E-state index contributed by atoms with van der Waals surface area (Å²) in [7, 11) is 1.63. The average molecular weight is 425 g/mol. The monoisotopic (exact) mass is 424 g/mol. The molecule has 0 amide bonds. The Hall–Kier alpha value is -1.82. The zero-order valence-corrected chi connectivity index (χ0v) is 17.8. The second kappa shape index (κ2) is 10.1. The Morgan fingerprint density at radius 2 is 1.86 bits per heavy atom. The fourth-order valence-corrected chi connectivity index (χ4v) is 3.59. The Morgan fingerprint density at radius 1 is 1.07 bits per heavy atom. The van der Waals surface area contributed by atoms with Gasteiger partial charge in [-0.3, -0.25) is 0 Å². The van der Waals surface area contributed by atoms with E-state index in [1.807, 2.05) is 30.3 Å². The SMILES string of the molecule is CCCOc1cc(Cl)c(CNc2ccc(N3CCOCC3)c(Cl)c2)cc1OC. The highest BCUT2D eigenvalue weighted by Crippen LogP contribution is 2.34. The lowest BCUT2D eigenvalue weighted by Crippen LogP contribution is -2.36. The predicted octanol–water partition coefficient (Wildman–Crippen LogP) is 5.24. The predicted molar refractivity (Wildman–Crippen MR) is 116 cm³/mol. The molecule has 2 aromatic carbocycles. The standard InChI is InChI=1S/C21H26Cl2N2O3/c1-3-8-28-21-13-17(22)15(11-20(21)26-2)14-24-16-4-5-19(18(23)12-16)25-6-9-27-10-7-25/h4-5,11-13,24H,3,6-10,14H2,1-2H3. The maximum atomic E-state index is 6.51. The minimum atomic E-state index is 0.552. The van der Waals surface area contributed by atoms with Crippen molar-refractivity contribution < 1.29 is 14.2 Å². The van der Waals surface area contributed by atoms with E-state index in [0.29, 0.717) is 29.7 Å². The zero-order valence-electron chi connectivity index (χ0n) is 16.3.